The average molecular weight is 441 g/mol. The lowest BCUT2D eigenvalue weighted by Gasteiger charge is -2.30. The Balaban J connectivity index is 1.60. The van der Waals surface area contributed by atoms with Crippen molar-refractivity contribution in [3.05, 3.63) is 53.6 Å². The van der Waals surface area contributed by atoms with E-state index in [1.807, 2.05) is 0 Å². The maximum Gasteiger partial charge on any atom is 0.417 e. The number of rotatable bonds is 4. The number of hydrogen-bond donors (Lipinski definition) is 0. The van der Waals surface area contributed by atoms with Gasteiger partial charge in [0, 0.05) is 13.1 Å². The van der Waals surface area contributed by atoms with E-state index in [2.05, 4.69) is 10.1 Å². The highest BCUT2D eigenvalue weighted by molar-refractivity contribution is 7.89. The zero-order valence-corrected chi connectivity index (χ0v) is 16.7. The highest BCUT2D eigenvalue weighted by Crippen LogP contribution is 2.37. The van der Waals surface area contributed by atoms with Gasteiger partial charge >= 0.3 is 6.18 Å². The van der Waals surface area contributed by atoms with Crippen LogP contribution in [0.2, 0.25) is 0 Å². The molecule has 1 aliphatic rings. The van der Waals surface area contributed by atoms with E-state index in [1.165, 1.54) is 6.07 Å². The van der Waals surface area contributed by atoms with E-state index in [9.17, 15) is 21.6 Å². The molecule has 0 spiro atoms. The normalized spacial score (nSPS) is 18.6. The molecule has 1 saturated heterocycles. The molecule has 0 N–H and O–H groups in total. The molecular weight excluding hydrogens is 423 g/mol. The molecule has 0 unspecified atom stereocenters. The lowest BCUT2D eigenvalue weighted by atomic mass is 10.00. The van der Waals surface area contributed by atoms with Crippen molar-refractivity contribution in [3.63, 3.8) is 0 Å². The molecule has 0 radical (unpaired) electrons. The van der Waals surface area contributed by atoms with Crippen LogP contribution >= 0.6 is 0 Å². The van der Waals surface area contributed by atoms with E-state index in [0.29, 0.717) is 24.4 Å². The van der Waals surface area contributed by atoms with Crippen LogP contribution in [0.4, 0.5) is 13.2 Å². The maximum absolute atomic E-state index is 13.3. The number of nitrogens with zero attached hydrogens (tertiary/aromatic N) is 3. The van der Waals surface area contributed by atoms with Crippen molar-refractivity contribution in [2.24, 2.45) is 0 Å². The summed E-state index contributed by atoms with van der Waals surface area (Å²) in [6, 6.07) is 7.63. The van der Waals surface area contributed by atoms with Crippen molar-refractivity contribution in [1.29, 1.82) is 0 Å². The molecule has 0 amide bonds. The molecule has 1 atom stereocenters. The third-order valence-electron chi connectivity index (χ3n) is 4.95. The fourth-order valence-corrected chi connectivity index (χ4v) is 5.22. The number of furan rings is 1. The predicted octanol–water partition coefficient (Wildman–Crippen LogP) is 4.23. The lowest BCUT2D eigenvalue weighted by molar-refractivity contribution is -0.139. The lowest BCUT2D eigenvalue weighted by Crippen LogP contribution is -2.39. The Labute approximate surface area is 170 Å². The number of hydrogen-bond acceptors (Lipinski definition) is 6. The number of piperidine rings is 1. The summed E-state index contributed by atoms with van der Waals surface area (Å²) in [5.41, 5.74) is -1.18. The van der Waals surface area contributed by atoms with Gasteiger partial charge in [0.05, 0.1) is 16.4 Å². The van der Waals surface area contributed by atoms with Crippen molar-refractivity contribution >= 4 is 10.0 Å². The van der Waals surface area contributed by atoms with Gasteiger partial charge in [0.25, 0.3) is 0 Å². The van der Waals surface area contributed by atoms with Gasteiger partial charge < -0.3 is 8.94 Å². The van der Waals surface area contributed by atoms with Gasteiger partial charge in [0.15, 0.2) is 5.76 Å². The van der Waals surface area contributed by atoms with Crippen LogP contribution in [0.25, 0.3) is 11.6 Å². The van der Waals surface area contributed by atoms with Crippen LogP contribution in [0.3, 0.4) is 0 Å². The molecule has 0 aliphatic carbocycles. The van der Waals surface area contributed by atoms with E-state index in [0.717, 1.165) is 22.5 Å². The van der Waals surface area contributed by atoms with Gasteiger partial charge in [-0.15, -0.1) is 0 Å². The second kappa shape index (κ2) is 7.55. The van der Waals surface area contributed by atoms with E-state index >= 15 is 0 Å². The van der Waals surface area contributed by atoms with Crippen LogP contribution in [-0.4, -0.2) is 36.0 Å². The number of aryl methyl sites for hydroxylation is 1. The molecule has 160 valence electrons. The monoisotopic (exact) mass is 441 g/mol. The largest absolute Gasteiger partial charge is 0.458 e. The van der Waals surface area contributed by atoms with E-state index in [-0.39, 0.29) is 24.8 Å². The molecule has 4 rings (SSSR count). The first-order valence-electron chi connectivity index (χ1n) is 9.23. The summed E-state index contributed by atoms with van der Waals surface area (Å²) in [6.45, 7) is 1.84. The first-order chi connectivity index (χ1) is 14.2. The van der Waals surface area contributed by atoms with Gasteiger partial charge in [-0.25, -0.2) is 8.42 Å². The maximum atomic E-state index is 13.3. The number of benzene rings is 1. The van der Waals surface area contributed by atoms with E-state index < -0.39 is 32.6 Å². The third-order valence-corrected chi connectivity index (χ3v) is 6.87. The standard InChI is InChI=1S/C19H18F3N3O4S/c1-12-8-9-15(28-12)17-23-18(29-24-17)13-5-4-10-25(11-13)30(26,27)16-7-3-2-6-14(16)19(20,21)22/h2-3,6-9,13H,4-5,10-11H2,1H3/t13-/m1/s1. The SMILES string of the molecule is Cc1ccc(-c2noc([C@@H]3CCCN(S(=O)(=O)c4ccccc4C(F)(F)F)C3)n2)o1. The topological polar surface area (TPSA) is 89.4 Å². The minimum Gasteiger partial charge on any atom is -0.458 e. The molecule has 30 heavy (non-hydrogen) atoms. The molecular formula is C19H18F3N3O4S. The van der Waals surface area contributed by atoms with Crippen molar-refractivity contribution in [3.8, 4) is 11.6 Å². The van der Waals surface area contributed by atoms with Crippen LogP contribution in [0.5, 0.6) is 0 Å². The minimum atomic E-state index is -4.78. The van der Waals surface area contributed by atoms with Gasteiger partial charge in [-0.05, 0) is 44.0 Å². The van der Waals surface area contributed by atoms with E-state index in [4.69, 9.17) is 8.94 Å². The van der Waals surface area contributed by atoms with Crippen molar-refractivity contribution in [2.45, 2.75) is 36.8 Å². The fourth-order valence-electron chi connectivity index (χ4n) is 3.48. The Morgan fingerprint density at radius 3 is 2.63 bits per heavy atom. The second-order valence-corrected chi connectivity index (χ2v) is 8.97. The van der Waals surface area contributed by atoms with Gasteiger partial charge in [-0.1, -0.05) is 17.3 Å². The molecule has 3 heterocycles. The number of sulfonamides is 1. The Kier molecular flexibility index (Phi) is 5.18. The fraction of sp³-hybridized carbons (Fsp3) is 0.368. The Bertz CT molecular complexity index is 1150. The number of aromatic nitrogens is 2. The zero-order chi connectivity index (χ0) is 21.5. The van der Waals surface area contributed by atoms with Crippen molar-refractivity contribution in [2.75, 3.05) is 13.1 Å². The van der Waals surface area contributed by atoms with Gasteiger partial charge in [0.1, 0.15) is 5.76 Å². The smallest absolute Gasteiger partial charge is 0.417 e. The van der Waals surface area contributed by atoms with Gasteiger partial charge in [-0.2, -0.15) is 22.5 Å². The molecule has 1 fully saturated rings. The third kappa shape index (κ3) is 3.86. The zero-order valence-electron chi connectivity index (χ0n) is 15.9. The first-order valence-corrected chi connectivity index (χ1v) is 10.7. The quantitative estimate of drug-likeness (QED) is 0.602. The summed E-state index contributed by atoms with van der Waals surface area (Å²) in [5, 5.41) is 3.87. The minimum absolute atomic E-state index is 0.0483. The second-order valence-electron chi connectivity index (χ2n) is 7.06. The Hall–Kier alpha value is -2.66. The van der Waals surface area contributed by atoms with Crippen molar-refractivity contribution < 1.29 is 30.5 Å². The molecule has 11 heteroatoms. The van der Waals surface area contributed by atoms with Crippen molar-refractivity contribution in [1.82, 2.24) is 14.4 Å². The Morgan fingerprint density at radius 2 is 1.93 bits per heavy atom. The molecule has 1 aliphatic heterocycles. The number of halogens is 3. The highest BCUT2D eigenvalue weighted by atomic mass is 32.2. The molecule has 3 aromatic rings. The van der Waals surface area contributed by atoms with Crippen LogP contribution in [0.1, 0.15) is 36.0 Å². The van der Waals surface area contributed by atoms with E-state index in [1.54, 1.807) is 19.1 Å². The summed E-state index contributed by atoms with van der Waals surface area (Å²) in [6.07, 6.45) is -3.75. The average Bonchev–Trinajstić information content (AvgIpc) is 3.36. The summed E-state index contributed by atoms with van der Waals surface area (Å²) in [7, 11) is -4.35. The van der Waals surface area contributed by atoms with Crippen LogP contribution in [0.15, 0.2) is 50.2 Å². The molecule has 1 aromatic carbocycles. The Morgan fingerprint density at radius 1 is 1.17 bits per heavy atom. The summed E-state index contributed by atoms with van der Waals surface area (Å²) < 4.78 is 77.8. The molecule has 0 bridgehead atoms. The summed E-state index contributed by atoms with van der Waals surface area (Å²) >= 11 is 0. The summed E-state index contributed by atoms with van der Waals surface area (Å²) in [4.78, 5) is 3.54. The molecule has 7 nitrogen and oxygen atoms in total. The first kappa shape index (κ1) is 20.6. The summed E-state index contributed by atoms with van der Waals surface area (Å²) in [5.74, 6) is 1.13. The molecule has 0 saturated carbocycles. The van der Waals surface area contributed by atoms with Crippen LogP contribution in [0, 0.1) is 6.92 Å². The number of alkyl halides is 3. The van der Waals surface area contributed by atoms with Gasteiger partial charge in [0.2, 0.25) is 21.7 Å². The highest BCUT2D eigenvalue weighted by Gasteiger charge is 2.40. The van der Waals surface area contributed by atoms with Crippen LogP contribution < -0.4 is 0 Å². The van der Waals surface area contributed by atoms with Gasteiger partial charge in [-0.3, -0.25) is 0 Å². The van der Waals surface area contributed by atoms with Crippen LogP contribution in [-0.2, 0) is 16.2 Å². The predicted molar refractivity (Wildman–Crippen MR) is 98.9 cm³/mol. The molecule has 2 aromatic heterocycles.